The smallest absolute Gasteiger partial charge is 0.224 e. The van der Waals surface area contributed by atoms with Crippen molar-refractivity contribution >= 4 is 23.1 Å². The van der Waals surface area contributed by atoms with Crippen LogP contribution in [-0.4, -0.2) is 11.7 Å². The molecule has 4 nitrogen and oxygen atoms in total. The maximum atomic E-state index is 14.1. The number of amides is 1. The molecule has 1 aliphatic heterocycles. The number of nitrogens with one attached hydrogen (secondary N) is 1. The van der Waals surface area contributed by atoms with Gasteiger partial charge in [-0.05, 0) is 48.4 Å². The van der Waals surface area contributed by atoms with Crippen molar-refractivity contribution in [3.8, 4) is 0 Å². The fraction of sp³-hybridized carbons (Fsp3) is 0.125. The molecule has 0 atom stereocenters. The first-order valence-corrected chi connectivity index (χ1v) is 6.57. The summed E-state index contributed by atoms with van der Waals surface area (Å²) in [4.78, 5) is 23.7. The number of carbonyl (C=O) groups is 2. The molecular weight excluding hydrogens is 271 g/mol. The van der Waals surface area contributed by atoms with E-state index in [1.165, 1.54) is 12.1 Å². The predicted octanol–water partition coefficient (Wildman–Crippen LogP) is 2.52. The van der Waals surface area contributed by atoms with Crippen LogP contribution in [0.15, 0.2) is 36.4 Å². The van der Waals surface area contributed by atoms with Gasteiger partial charge in [0.25, 0.3) is 0 Å². The normalized spacial score (nSPS) is 13.5. The first-order chi connectivity index (χ1) is 10.0. The van der Waals surface area contributed by atoms with E-state index in [0.29, 0.717) is 29.8 Å². The Morgan fingerprint density at radius 1 is 1.14 bits per heavy atom. The van der Waals surface area contributed by atoms with E-state index < -0.39 is 11.6 Å². The van der Waals surface area contributed by atoms with E-state index in [-0.39, 0.29) is 11.5 Å². The number of rotatable bonds is 2. The minimum atomic E-state index is -0.641. The lowest BCUT2D eigenvalue weighted by atomic mass is 9.96. The van der Waals surface area contributed by atoms with Crippen molar-refractivity contribution in [2.45, 2.75) is 12.8 Å². The number of nitrogens with two attached hydrogens (primary N) is 1. The summed E-state index contributed by atoms with van der Waals surface area (Å²) in [6.07, 6.45) is 0.845. The van der Waals surface area contributed by atoms with Crippen molar-refractivity contribution < 1.29 is 14.0 Å². The van der Waals surface area contributed by atoms with E-state index in [1.54, 1.807) is 24.3 Å². The Morgan fingerprint density at radius 2 is 1.86 bits per heavy atom. The summed E-state index contributed by atoms with van der Waals surface area (Å²) in [5.41, 5.74) is 7.72. The molecule has 2 aromatic rings. The molecule has 1 aliphatic rings. The zero-order valence-electron chi connectivity index (χ0n) is 11.2. The molecular formula is C16H13FN2O2. The summed E-state index contributed by atoms with van der Waals surface area (Å²) in [6, 6.07) is 9.06. The molecule has 0 fully saturated rings. The topological polar surface area (TPSA) is 72.2 Å². The largest absolute Gasteiger partial charge is 0.399 e. The SMILES string of the molecule is Nc1ccc(C(=O)c2cc3c(cc2F)NC(=O)CC3)cc1. The van der Waals surface area contributed by atoms with Crippen LogP contribution in [0.2, 0.25) is 0 Å². The maximum absolute atomic E-state index is 14.1. The number of halogens is 1. The van der Waals surface area contributed by atoms with Gasteiger partial charge in [0, 0.05) is 23.4 Å². The van der Waals surface area contributed by atoms with Gasteiger partial charge in [-0.3, -0.25) is 9.59 Å². The number of fused-ring (bicyclic) bond motifs is 1. The van der Waals surface area contributed by atoms with Crippen LogP contribution < -0.4 is 11.1 Å². The number of hydrogen-bond donors (Lipinski definition) is 2. The summed E-state index contributed by atoms with van der Waals surface area (Å²) in [5, 5.41) is 2.61. The predicted molar refractivity (Wildman–Crippen MR) is 77.6 cm³/mol. The van der Waals surface area contributed by atoms with Gasteiger partial charge in [-0.1, -0.05) is 0 Å². The molecule has 1 heterocycles. The van der Waals surface area contributed by atoms with E-state index in [1.807, 2.05) is 0 Å². The lowest BCUT2D eigenvalue weighted by Crippen LogP contribution is -2.20. The molecule has 0 saturated carbocycles. The van der Waals surface area contributed by atoms with Crippen molar-refractivity contribution in [3.05, 3.63) is 58.9 Å². The Kier molecular flexibility index (Phi) is 3.17. The second-order valence-electron chi connectivity index (χ2n) is 4.99. The van der Waals surface area contributed by atoms with Gasteiger partial charge in [0.05, 0.1) is 5.56 Å². The molecule has 106 valence electrons. The van der Waals surface area contributed by atoms with E-state index in [4.69, 9.17) is 5.73 Å². The van der Waals surface area contributed by atoms with Crippen LogP contribution in [0.25, 0.3) is 0 Å². The summed E-state index contributed by atoms with van der Waals surface area (Å²) in [5.74, 6) is -1.18. The molecule has 1 amide bonds. The van der Waals surface area contributed by atoms with Gasteiger partial charge in [-0.25, -0.2) is 4.39 Å². The van der Waals surface area contributed by atoms with Gasteiger partial charge < -0.3 is 11.1 Å². The van der Waals surface area contributed by atoms with Gasteiger partial charge in [0.1, 0.15) is 5.82 Å². The molecule has 0 spiro atoms. The van der Waals surface area contributed by atoms with Crippen molar-refractivity contribution in [1.29, 1.82) is 0 Å². The van der Waals surface area contributed by atoms with Crippen molar-refractivity contribution in [3.63, 3.8) is 0 Å². The van der Waals surface area contributed by atoms with Gasteiger partial charge >= 0.3 is 0 Å². The minimum Gasteiger partial charge on any atom is -0.399 e. The molecule has 0 aromatic heterocycles. The van der Waals surface area contributed by atoms with Crippen molar-refractivity contribution in [2.75, 3.05) is 11.1 Å². The van der Waals surface area contributed by atoms with Crippen molar-refractivity contribution in [1.82, 2.24) is 0 Å². The fourth-order valence-corrected chi connectivity index (χ4v) is 2.37. The molecule has 0 radical (unpaired) electrons. The number of carbonyl (C=O) groups excluding carboxylic acids is 2. The summed E-state index contributed by atoms with van der Waals surface area (Å²) in [7, 11) is 0. The average Bonchev–Trinajstić information content (AvgIpc) is 2.46. The average molecular weight is 284 g/mol. The third-order valence-corrected chi connectivity index (χ3v) is 3.51. The molecule has 0 aliphatic carbocycles. The van der Waals surface area contributed by atoms with Crippen LogP contribution in [0.1, 0.15) is 27.9 Å². The first-order valence-electron chi connectivity index (χ1n) is 6.57. The Morgan fingerprint density at radius 3 is 2.57 bits per heavy atom. The third kappa shape index (κ3) is 2.50. The zero-order chi connectivity index (χ0) is 15.0. The van der Waals surface area contributed by atoms with E-state index >= 15 is 0 Å². The highest BCUT2D eigenvalue weighted by Crippen LogP contribution is 2.27. The Labute approximate surface area is 120 Å². The highest BCUT2D eigenvalue weighted by molar-refractivity contribution is 6.10. The van der Waals surface area contributed by atoms with E-state index in [9.17, 15) is 14.0 Å². The lowest BCUT2D eigenvalue weighted by molar-refractivity contribution is -0.116. The molecule has 0 unspecified atom stereocenters. The van der Waals surface area contributed by atoms with Crippen LogP contribution in [0.5, 0.6) is 0 Å². The molecule has 3 rings (SSSR count). The van der Waals surface area contributed by atoms with Crippen molar-refractivity contribution in [2.24, 2.45) is 0 Å². The third-order valence-electron chi connectivity index (χ3n) is 3.51. The quantitative estimate of drug-likeness (QED) is 0.657. The van der Waals surface area contributed by atoms with Gasteiger partial charge in [0.2, 0.25) is 5.91 Å². The second-order valence-corrected chi connectivity index (χ2v) is 4.99. The molecule has 2 aromatic carbocycles. The fourth-order valence-electron chi connectivity index (χ4n) is 2.37. The number of anilines is 2. The molecule has 0 saturated heterocycles. The van der Waals surface area contributed by atoms with E-state index in [2.05, 4.69) is 5.32 Å². The van der Waals surface area contributed by atoms with Gasteiger partial charge in [-0.15, -0.1) is 0 Å². The molecule has 5 heteroatoms. The standard InChI is InChI=1S/C16H13FN2O2/c17-13-8-14-10(3-6-15(20)19-14)7-12(13)16(21)9-1-4-11(18)5-2-9/h1-2,4-5,7-8H,3,6,18H2,(H,19,20). The second kappa shape index (κ2) is 5.01. The molecule has 21 heavy (non-hydrogen) atoms. The lowest BCUT2D eigenvalue weighted by Gasteiger charge is -2.18. The van der Waals surface area contributed by atoms with Crippen LogP contribution in [0.3, 0.4) is 0 Å². The maximum Gasteiger partial charge on any atom is 0.224 e. The highest BCUT2D eigenvalue weighted by Gasteiger charge is 2.21. The monoisotopic (exact) mass is 284 g/mol. The number of nitrogen functional groups attached to an aromatic ring is 1. The van der Waals surface area contributed by atoms with Gasteiger partial charge in [-0.2, -0.15) is 0 Å². The summed E-state index contributed by atoms with van der Waals surface area (Å²) in [6.45, 7) is 0. The zero-order valence-corrected chi connectivity index (χ0v) is 11.2. The Hall–Kier alpha value is -2.69. The van der Waals surface area contributed by atoms with Crippen LogP contribution >= 0.6 is 0 Å². The summed E-state index contributed by atoms with van der Waals surface area (Å²) >= 11 is 0. The molecule has 3 N–H and O–H groups in total. The molecule has 0 bridgehead atoms. The van der Waals surface area contributed by atoms with Crippen LogP contribution in [0, 0.1) is 5.82 Å². The van der Waals surface area contributed by atoms with E-state index in [0.717, 1.165) is 5.56 Å². The number of ketones is 1. The van der Waals surface area contributed by atoms with Crippen LogP contribution in [-0.2, 0) is 11.2 Å². The minimum absolute atomic E-state index is 0.00895. The van der Waals surface area contributed by atoms with Crippen LogP contribution in [0.4, 0.5) is 15.8 Å². The first kappa shape index (κ1) is 13.3. The number of benzene rings is 2. The number of hydrogen-bond acceptors (Lipinski definition) is 3. The summed E-state index contributed by atoms with van der Waals surface area (Å²) < 4.78 is 14.1. The Balaban J connectivity index is 2.01. The van der Waals surface area contributed by atoms with Gasteiger partial charge in [0.15, 0.2) is 5.78 Å². The Bertz CT molecular complexity index is 739. The highest BCUT2D eigenvalue weighted by atomic mass is 19.1. The number of aryl methyl sites for hydroxylation is 1.